The molecule has 0 saturated heterocycles. The summed E-state index contributed by atoms with van der Waals surface area (Å²) in [4.78, 5) is 11.4. The summed E-state index contributed by atoms with van der Waals surface area (Å²) >= 11 is 0. The molecule has 1 aromatic rings. The van der Waals surface area contributed by atoms with E-state index in [4.69, 9.17) is 4.74 Å². The van der Waals surface area contributed by atoms with E-state index in [1.807, 2.05) is 25.1 Å². The maximum Gasteiger partial charge on any atom is 0.257 e. The fourth-order valence-corrected chi connectivity index (χ4v) is 2.31. The summed E-state index contributed by atoms with van der Waals surface area (Å²) in [5, 5.41) is 12.7. The lowest BCUT2D eigenvalue weighted by atomic mass is 9.89. The van der Waals surface area contributed by atoms with Gasteiger partial charge in [-0.25, -0.2) is 0 Å². The van der Waals surface area contributed by atoms with Crippen LogP contribution in [0.15, 0.2) is 18.2 Å². The first kappa shape index (κ1) is 13.9. The van der Waals surface area contributed by atoms with Gasteiger partial charge in [-0.05, 0) is 48.9 Å². The van der Waals surface area contributed by atoms with Gasteiger partial charge in [-0.2, -0.15) is 0 Å². The summed E-state index contributed by atoms with van der Waals surface area (Å²) in [6, 6.07) is 5.70. The third kappa shape index (κ3) is 3.70. The highest BCUT2D eigenvalue weighted by atomic mass is 16.5. The third-order valence-electron chi connectivity index (χ3n) is 3.34. The lowest BCUT2D eigenvalue weighted by molar-refractivity contribution is -0.123. The summed E-state index contributed by atoms with van der Waals surface area (Å²) in [5.74, 6) is 0.534. The van der Waals surface area contributed by atoms with Gasteiger partial charge in [0.15, 0.2) is 6.61 Å². The molecule has 2 N–H and O–H groups in total. The van der Waals surface area contributed by atoms with Crippen molar-refractivity contribution in [2.45, 2.75) is 38.7 Å². The van der Waals surface area contributed by atoms with Crippen LogP contribution in [0.5, 0.6) is 5.75 Å². The number of aliphatic hydroxyl groups excluding tert-OH is 1. The first-order chi connectivity index (χ1) is 9.20. The molecular formula is C15H21NO3. The average Bonchev–Trinajstić information content (AvgIpc) is 2.43. The fourth-order valence-electron chi connectivity index (χ4n) is 2.31. The largest absolute Gasteiger partial charge is 0.484 e. The zero-order valence-electron chi connectivity index (χ0n) is 11.3. The van der Waals surface area contributed by atoms with Gasteiger partial charge in [-0.1, -0.05) is 13.0 Å². The van der Waals surface area contributed by atoms with Crippen molar-refractivity contribution in [2.24, 2.45) is 0 Å². The minimum atomic E-state index is -0.402. The van der Waals surface area contributed by atoms with Crippen LogP contribution < -0.4 is 10.1 Å². The van der Waals surface area contributed by atoms with Crippen molar-refractivity contribution in [1.29, 1.82) is 0 Å². The van der Waals surface area contributed by atoms with Gasteiger partial charge in [0.2, 0.25) is 0 Å². The van der Waals surface area contributed by atoms with Crippen LogP contribution >= 0.6 is 0 Å². The summed E-state index contributed by atoms with van der Waals surface area (Å²) < 4.78 is 5.46. The van der Waals surface area contributed by atoms with Gasteiger partial charge in [-0.15, -0.1) is 0 Å². The SMILES string of the molecule is CCCNC(=O)COc1ccc2c(c1)[C@H](O)CCC2. The first-order valence-corrected chi connectivity index (χ1v) is 6.91. The topological polar surface area (TPSA) is 58.6 Å². The van der Waals surface area contributed by atoms with Gasteiger partial charge in [0, 0.05) is 6.54 Å². The maximum absolute atomic E-state index is 11.4. The number of hydrogen-bond donors (Lipinski definition) is 2. The molecule has 1 aliphatic carbocycles. The number of amides is 1. The van der Waals surface area contributed by atoms with Crippen molar-refractivity contribution >= 4 is 5.91 Å². The second-order valence-corrected chi connectivity index (χ2v) is 4.91. The molecule has 0 fully saturated rings. The summed E-state index contributed by atoms with van der Waals surface area (Å²) in [6.45, 7) is 2.70. The zero-order valence-corrected chi connectivity index (χ0v) is 11.3. The van der Waals surface area contributed by atoms with Crippen molar-refractivity contribution in [1.82, 2.24) is 5.32 Å². The quantitative estimate of drug-likeness (QED) is 0.853. The van der Waals surface area contributed by atoms with Gasteiger partial charge in [0.05, 0.1) is 6.10 Å². The highest BCUT2D eigenvalue weighted by Crippen LogP contribution is 2.32. The van der Waals surface area contributed by atoms with Crippen LogP contribution in [0.3, 0.4) is 0 Å². The molecule has 1 amide bonds. The Morgan fingerprint density at radius 2 is 2.37 bits per heavy atom. The number of aryl methyl sites for hydroxylation is 1. The van der Waals surface area contributed by atoms with Crippen LogP contribution in [-0.4, -0.2) is 24.2 Å². The molecule has 0 unspecified atom stereocenters. The van der Waals surface area contributed by atoms with E-state index in [0.29, 0.717) is 12.3 Å². The van der Waals surface area contributed by atoms with Crippen LogP contribution in [0.25, 0.3) is 0 Å². The van der Waals surface area contributed by atoms with Crippen LogP contribution in [0, 0.1) is 0 Å². The van der Waals surface area contributed by atoms with E-state index in [1.165, 1.54) is 5.56 Å². The summed E-state index contributed by atoms with van der Waals surface area (Å²) in [6.07, 6.45) is 3.34. The Morgan fingerprint density at radius 3 is 3.16 bits per heavy atom. The lowest BCUT2D eigenvalue weighted by Crippen LogP contribution is -2.29. The van der Waals surface area contributed by atoms with Crippen molar-refractivity contribution in [2.75, 3.05) is 13.2 Å². The van der Waals surface area contributed by atoms with Crippen LogP contribution in [0.2, 0.25) is 0 Å². The van der Waals surface area contributed by atoms with E-state index >= 15 is 0 Å². The molecule has 0 bridgehead atoms. The molecule has 1 atom stereocenters. The number of ether oxygens (including phenoxy) is 1. The molecule has 0 saturated carbocycles. The number of benzene rings is 1. The number of carbonyl (C=O) groups excluding carboxylic acids is 1. The van der Waals surface area contributed by atoms with Crippen molar-refractivity contribution in [3.63, 3.8) is 0 Å². The normalized spacial score (nSPS) is 17.7. The van der Waals surface area contributed by atoms with Gasteiger partial charge in [0.25, 0.3) is 5.91 Å². The molecule has 0 spiro atoms. The summed E-state index contributed by atoms with van der Waals surface area (Å²) in [5.41, 5.74) is 2.12. The van der Waals surface area contributed by atoms with Gasteiger partial charge in [0.1, 0.15) is 5.75 Å². The highest BCUT2D eigenvalue weighted by molar-refractivity contribution is 5.77. The van der Waals surface area contributed by atoms with E-state index in [2.05, 4.69) is 5.32 Å². The van der Waals surface area contributed by atoms with E-state index in [0.717, 1.165) is 31.2 Å². The molecule has 0 aromatic heterocycles. The Morgan fingerprint density at radius 1 is 1.53 bits per heavy atom. The lowest BCUT2D eigenvalue weighted by Gasteiger charge is -2.21. The first-order valence-electron chi connectivity index (χ1n) is 6.91. The molecular weight excluding hydrogens is 242 g/mol. The van der Waals surface area contributed by atoms with Gasteiger partial charge >= 0.3 is 0 Å². The van der Waals surface area contributed by atoms with Crippen molar-refractivity contribution in [3.05, 3.63) is 29.3 Å². The van der Waals surface area contributed by atoms with Crippen LogP contribution in [0.4, 0.5) is 0 Å². The van der Waals surface area contributed by atoms with Crippen molar-refractivity contribution < 1.29 is 14.6 Å². The molecule has 104 valence electrons. The predicted octanol–water partition coefficient (Wildman–Crippen LogP) is 1.96. The number of aliphatic hydroxyl groups is 1. The fraction of sp³-hybridized carbons (Fsp3) is 0.533. The Balaban J connectivity index is 1.94. The standard InChI is InChI=1S/C15H21NO3/c1-2-8-16-15(18)10-19-12-7-6-11-4-3-5-14(17)13(11)9-12/h6-7,9,14,17H,2-5,8,10H2,1H3,(H,16,18)/t14-/m1/s1. The minimum absolute atomic E-state index is 0.0227. The number of fused-ring (bicyclic) bond motifs is 1. The smallest absolute Gasteiger partial charge is 0.257 e. The molecule has 4 nitrogen and oxygen atoms in total. The van der Waals surface area contributed by atoms with Crippen molar-refractivity contribution in [3.8, 4) is 5.75 Å². The molecule has 1 aliphatic rings. The molecule has 2 rings (SSSR count). The third-order valence-corrected chi connectivity index (χ3v) is 3.34. The number of hydrogen-bond acceptors (Lipinski definition) is 3. The molecule has 0 heterocycles. The average molecular weight is 263 g/mol. The Hall–Kier alpha value is -1.55. The second kappa shape index (κ2) is 6.57. The summed E-state index contributed by atoms with van der Waals surface area (Å²) in [7, 11) is 0. The minimum Gasteiger partial charge on any atom is -0.484 e. The second-order valence-electron chi connectivity index (χ2n) is 4.91. The highest BCUT2D eigenvalue weighted by Gasteiger charge is 2.18. The molecule has 0 radical (unpaired) electrons. The molecule has 1 aromatic carbocycles. The zero-order chi connectivity index (χ0) is 13.7. The predicted molar refractivity (Wildman–Crippen MR) is 73.1 cm³/mol. The molecule has 4 heteroatoms. The molecule has 0 aliphatic heterocycles. The number of carbonyl (C=O) groups is 1. The monoisotopic (exact) mass is 263 g/mol. The maximum atomic E-state index is 11.4. The Kier molecular flexibility index (Phi) is 4.80. The van der Waals surface area contributed by atoms with Gasteiger partial charge in [-0.3, -0.25) is 4.79 Å². The van der Waals surface area contributed by atoms with E-state index < -0.39 is 6.10 Å². The Labute approximate surface area is 113 Å². The number of nitrogens with one attached hydrogen (secondary N) is 1. The Bertz CT molecular complexity index is 445. The van der Waals surface area contributed by atoms with E-state index in [1.54, 1.807) is 0 Å². The van der Waals surface area contributed by atoms with E-state index in [-0.39, 0.29) is 12.5 Å². The van der Waals surface area contributed by atoms with Crippen LogP contribution in [-0.2, 0) is 11.2 Å². The van der Waals surface area contributed by atoms with E-state index in [9.17, 15) is 9.90 Å². The molecule has 19 heavy (non-hydrogen) atoms. The van der Waals surface area contributed by atoms with Crippen LogP contribution in [0.1, 0.15) is 43.4 Å². The van der Waals surface area contributed by atoms with Gasteiger partial charge < -0.3 is 15.2 Å². The number of rotatable bonds is 5.